The Balaban J connectivity index is 2.15. The predicted molar refractivity (Wildman–Crippen MR) is 72.8 cm³/mol. The van der Waals surface area contributed by atoms with E-state index in [0.717, 1.165) is 9.21 Å². The molecule has 0 radical (unpaired) electrons. The highest BCUT2D eigenvalue weighted by Gasteiger charge is 2.09. The number of nitrogens with zero attached hydrogens (tertiary/aromatic N) is 2. The summed E-state index contributed by atoms with van der Waals surface area (Å²) >= 11 is 13.2. The zero-order valence-corrected chi connectivity index (χ0v) is 11.3. The van der Waals surface area contributed by atoms with Gasteiger partial charge in [0, 0.05) is 10.9 Å². The first-order valence-corrected chi connectivity index (χ1v) is 6.43. The molecule has 0 fully saturated rings. The second kappa shape index (κ2) is 5.08. The van der Waals surface area contributed by atoms with E-state index >= 15 is 0 Å². The van der Waals surface area contributed by atoms with Gasteiger partial charge in [-0.05, 0) is 19.1 Å². The molecule has 0 amide bonds. The van der Waals surface area contributed by atoms with Gasteiger partial charge in [-0.3, -0.25) is 0 Å². The summed E-state index contributed by atoms with van der Waals surface area (Å²) in [6.07, 6.45) is 0. The number of aromatic nitrogens is 2. The number of hydrogen-bond donors (Lipinski definition) is 2. The minimum atomic E-state index is 0.0814. The third-order valence-electron chi connectivity index (χ3n) is 2.10. The lowest BCUT2D eigenvalue weighted by Crippen LogP contribution is -2.08. The number of halogens is 2. The monoisotopic (exact) mass is 288 g/mol. The van der Waals surface area contributed by atoms with Gasteiger partial charge >= 0.3 is 0 Å². The lowest BCUT2D eigenvalue weighted by molar-refractivity contribution is 0.894. The third kappa shape index (κ3) is 3.21. The first-order valence-electron chi connectivity index (χ1n) is 4.86. The number of anilines is 2. The van der Waals surface area contributed by atoms with Crippen molar-refractivity contribution >= 4 is 46.3 Å². The minimum absolute atomic E-state index is 0.0814. The fourth-order valence-electron chi connectivity index (χ4n) is 1.36. The zero-order valence-electron chi connectivity index (χ0n) is 8.95. The summed E-state index contributed by atoms with van der Waals surface area (Å²) in [5.74, 6) is 0.746. The van der Waals surface area contributed by atoms with Crippen molar-refractivity contribution in [1.29, 1.82) is 0 Å². The molecule has 2 aromatic rings. The van der Waals surface area contributed by atoms with Crippen molar-refractivity contribution in [3.8, 4) is 0 Å². The fraction of sp³-hybridized carbons (Fsp3) is 0.200. The van der Waals surface area contributed by atoms with E-state index in [4.69, 9.17) is 28.9 Å². The Hall–Kier alpha value is -1.04. The van der Waals surface area contributed by atoms with Crippen LogP contribution in [0.15, 0.2) is 18.2 Å². The quantitative estimate of drug-likeness (QED) is 0.847. The van der Waals surface area contributed by atoms with Gasteiger partial charge in [-0.1, -0.05) is 23.2 Å². The summed E-state index contributed by atoms with van der Waals surface area (Å²) in [6, 6.07) is 5.54. The molecule has 0 unspecified atom stereocenters. The van der Waals surface area contributed by atoms with E-state index in [0.29, 0.717) is 11.0 Å². The molecule has 1 atom stereocenters. The molecule has 0 aliphatic heterocycles. The molecule has 0 aromatic carbocycles. The smallest absolute Gasteiger partial charge is 0.223 e. The van der Waals surface area contributed by atoms with Crippen LogP contribution >= 0.6 is 34.5 Å². The number of hydrogen-bond acceptors (Lipinski definition) is 5. The standard InChI is InChI=1S/C10H10Cl2N4S/c1-5(6-2-3-8(12)17-6)14-9-4-7(11)15-10(13)16-9/h2-5H,1H3,(H3,13,14,15,16)/t5-/m0/s1. The maximum atomic E-state index is 5.88. The van der Waals surface area contributed by atoms with Crippen LogP contribution in [0.4, 0.5) is 11.8 Å². The van der Waals surface area contributed by atoms with Gasteiger partial charge in [0.2, 0.25) is 5.95 Å². The zero-order chi connectivity index (χ0) is 12.4. The minimum Gasteiger partial charge on any atom is -0.368 e. The second-order valence-electron chi connectivity index (χ2n) is 3.44. The number of rotatable bonds is 3. The summed E-state index contributed by atoms with van der Waals surface area (Å²) in [7, 11) is 0. The van der Waals surface area contributed by atoms with E-state index in [1.165, 1.54) is 11.3 Å². The molecular formula is C10H10Cl2N4S. The summed E-state index contributed by atoms with van der Waals surface area (Å²) < 4.78 is 0.758. The molecule has 0 aliphatic carbocycles. The molecule has 2 rings (SSSR count). The highest BCUT2D eigenvalue weighted by Crippen LogP contribution is 2.28. The number of nitrogens with one attached hydrogen (secondary N) is 1. The number of nitrogens with two attached hydrogens (primary N) is 1. The topological polar surface area (TPSA) is 63.8 Å². The molecule has 7 heteroatoms. The van der Waals surface area contributed by atoms with E-state index < -0.39 is 0 Å². The van der Waals surface area contributed by atoms with Gasteiger partial charge in [0.15, 0.2) is 0 Å². The summed E-state index contributed by atoms with van der Waals surface area (Å²) in [6.45, 7) is 2.01. The molecule has 0 saturated carbocycles. The van der Waals surface area contributed by atoms with Crippen LogP contribution in [0.3, 0.4) is 0 Å². The van der Waals surface area contributed by atoms with Crippen LogP contribution in [0.5, 0.6) is 0 Å². The molecule has 0 saturated heterocycles. The van der Waals surface area contributed by atoms with Crippen LogP contribution in [0.2, 0.25) is 9.49 Å². The van der Waals surface area contributed by atoms with Gasteiger partial charge in [-0.15, -0.1) is 11.3 Å². The first kappa shape index (κ1) is 12.4. The Labute approximate surface area is 113 Å². The molecule has 17 heavy (non-hydrogen) atoms. The van der Waals surface area contributed by atoms with E-state index in [9.17, 15) is 0 Å². The molecule has 2 heterocycles. The average Bonchev–Trinajstić information content (AvgIpc) is 2.63. The van der Waals surface area contributed by atoms with Crippen LogP contribution in [0.25, 0.3) is 0 Å². The van der Waals surface area contributed by atoms with Gasteiger partial charge in [-0.2, -0.15) is 4.98 Å². The Morgan fingerprint density at radius 2 is 2.12 bits per heavy atom. The number of thiophene rings is 1. The molecule has 3 N–H and O–H groups in total. The van der Waals surface area contributed by atoms with Crippen molar-refractivity contribution in [2.75, 3.05) is 11.1 Å². The van der Waals surface area contributed by atoms with Crippen molar-refractivity contribution in [2.45, 2.75) is 13.0 Å². The van der Waals surface area contributed by atoms with E-state index in [-0.39, 0.29) is 12.0 Å². The Kier molecular flexibility index (Phi) is 3.71. The van der Waals surface area contributed by atoms with Gasteiger partial charge in [0.25, 0.3) is 0 Å². The molecule has 0 bridgehead atoms. The normalized spacial score (nSPS) is 12.4. The van der Waals surface area contributed by atoms with Crippen LogP contribution in [-0.2, 0) is 0 Å². The second-order valence-corrected chi connectivity index (χ2v) is 5.58. The van der Waals surface area contributed by atoms with Crippen LogP contribution in [0.1, 0.15) is 17.8 Å². The van der Waals surface area contributed by atoms with E-state index in [1.54, 1.807) is 6.07 Å². The van der Waals surface area contributed by atoms with Gasteiger partial charge in [0.05, 0.1) is 10.4 Å². The Morgan fingerprint density at radius 1 is 1.35 bits per heavy atom. The van der Waals surface area contributed by atoms with E-state index in [2.05, 4.69) is 15.3 Å². The maximum absolute atomic E-state index is 5.88. The fourth-order valence-corrected chi connectivity index (χ4v) is 2.62. The summed E-state index contributed by atoms with van der Waals surface area (Å²) in [4.78, 5) is 8.96. The highest BCUT2D eigenvalue weighted by molar-refractivity contribution is 7.16. The SMILES string of the molecule is C[C@H](Nc1cc(Cl)nc(N)n1)c1ccc(Cl)s1. The van der Waals surface area contributed by atoms with Crippen LogP contribution in [0, 0.1) is 0 Å². The Bertz CT molecular complexity index is 509. The van der Waals surface area contributed by atoms with Crippen molar-refractivity contribution in [1.82, 2.24) is 9.97 Å². The van der Waals surface area contributed by atoms with Crippen LogP contribution < -0.4 is 11.1 Å². The highest BCUT2D eigenvalue weighted by atomic mass is 35.5. The van der Waals surface area contributed by atoms with Gasteiger partial charge in [0.1, 0.15) is 11.0 Å². The van der Waals surface area contributed by atoms with Crippen molar-refractivity contribution in [2.24, 2.45) is 0 Å². The third-order valence-corrected chi connectivity index (χ3v) is 3.70. The first-order chi connectivity index (χ1) is 8.04. The van der Waals surface area contributed by atoms with Crippen LogP contribution in [-0.4, -0.2) is 9.97 Å². The van der Waals surface area contributed by atoms with Crippen molar-refractivity contribution in [3.05, 3.63) is 32.6 Å². The average molecular weight is 289 g/mol. The molecular weight excluding hydrogens is 279 g/mol. The molecule has 0 spiro atoms. The Morgan fingerprint density at radius 3 is 2.71 bits per heavy atom. The lowest BCUT2D eigenvalue weighted by atomic mass is 10.3. The molecule has 2 aromatic heterocycles. The molecule has 0 aliphatic rings. The van der Waals surface area contributed by atoms with Gasteiger partial charge < -0.3 is 11.1 Å². The number of nitrogen functional groups attached to an aromatic ring is 1. The lowest BCUT2D eigenvalue weighted by Gasteiger charge is -2.12. The molecule has 90 valence electrons. The largest absolute Gasteiger partial charge is 0.368 e. The van der Waals surface area contributed by atoms with E-state index in [1.807, 2.05) is 19.1 Å². The summed E-state index contributed by atoms with van der Waals surface area (Å²) in [5, 5.41) is 3.51. The van der Waals surface area contributed by atoms with Crippen molar-refractivity contribution < 1.29 is 0 Å². The van der Waals surface area contributed by atoms with Crippen molar-refractivity contribution in [3.63, 3.8) is 0 Å². The van der Waals surface area contributed by atoms with Gasteiger partial charge in [-0.25, -0.2) is 4.98 Å². The summed E-state index contributed by atoms with van der Waals surface area (Å²) in [5.41, 5.74) is 5.51. The molecule has 4 nitrogen and oxygen atoms in total. The predicted octanol–water partition coefficient (Wildman–Crippen LogP) is 3.60. The maximum Gasteiger partial charge on any atom is 0.223 e.